The SMILES string of the molecule is CC.CSc1ccc([N+](=O)[O-])c(C(=O)O)c1. The molecule has 0 bridgehead atoms. The van der Waals surface area contributed by atoms with Crippen molar-refractivity contribution in [2.75, 3.05) is 6.26 Å². The van der Waals surface area contributed by atoms with Crippen LogP contribution in [-0.2, 0) is 0 Å². The molecule has 88 valence electrons. The minimum absolute atomic E-state index is 0.276. The van der Waals surface area contributed by atoms with Crippen LogP contribution in [0.15, 0.2) is 23.1 Å². The molecule has 0 saturated heterocycles. The second kappa shape index (κ2) is 6.84. The lowest BCUT2D eigenvalue weighted by molar-refractivity contribution is -0.385. The monoisotopic (exact) mass is 243 g/mol. The van der Waals surface area contributed by atoms with Crippen LogP contribution in [-0.4, -0.2) is 22.3 Å². The fourth-order valence-corrected chi connectivity index (χ4v) is 1.41. The number of carboxylic acid groups (broad SMARTS) is 1. The number of nitro benzene ring substituents is 1. The van der Waals surface area contributed by atoms with Crippen molar-refractivity contribution in [3.05, 3.63) is 33.9 Å². The molecule has 5 nitrogen and oxygen atoms in total. The maximum Gasteiger partial charge on any atom is 0.342 e. The first kappa shape index (κ1) is 14.4. The standard InChI is InChI=1S/C8H7NO4S.C2H6/c1-14-5-2-3-7(9(12)13)6(4-5)8(10)11;1-2/h2-4H,1H3,(H,10,11);1-2H3. The molecule has 1 rings (SSSR count). The van der Waals surface area contributed by atoms with Gasteiger partial charge in [0.15, 0.2) is 0 Å². The van der Waals surface area contributed by atoms with Crippen molar-refractivity contribution in [1.82, 2.24) is 0 Å². The second-order valence-corrected chi connectivity index (χ2v) is 3.32. The molecule has 0 fully saturated rings. The predicted octanol–water partition coefficient (Wildman–Crippen LogP) is 3.04. The highest BCUT2D eigenvalue weighted by molar-refractivity contribution is 7.98. The van der Waals surface area contributed by atoms with Crippen molar-refractivity contribution in [3.8, 4) is 0 Å². The summed E-state index contributed by atoms with van der Waals surface area (Å²) in [5.41, 5.74) is -0.655. The molecule has 1 aromatic rings. The molecule has 0 saturated carbocycles. The lowest BCUT2D eigenvalue weighted by Crippen LogP contribution is -2.02. The molecule has 6 heteroatoms. The fourth-order valence-electron chi connectivity index (χ4n) is 0.973. The lowest BCUT2D eigenvalue weighted by Gasteiger charge is -2.00. The Morgan fingerprint density at radius 1 is 1.44 bits per heavy atom. The van der Waals surface area contributed by atoms with Gasteiger partial charge in [-0.2, -0.15) is 0 Å². The molecule has 0 aromatic heterocycles. The first-order chi connectivity index (χ1) is 7.56. The van der Waals surface area contributed by atoms with Gasteiger partial charge in [0.25, 0.3) is 5.69 Å². The van der Waals surface area contributed by atoms with Crippen LogP contribution in [0.1, 0.15) is 24.2 Å². The summed E-state index contributed by atoms with van der Waals surface area (Å²) < 4.78 is 0. The van der Waals surface area contributed by atoms with Gasteiger partial charge in [0.1, 0.15) is 5.56 Å². The molecule has 16 heavy (non-hydrogen) atoms. The molecule has 0 atom stereocenters. The molecule has 0 aliphatic heterocycles. The molecule has 0 heterocycles. The van der Waals surface area contributed by atoms with Gasteiger partial charge in [0, 0.05) is 11.0 Å². The number of thioether (sulfide) groups is 1. The zero-order chi connectivity index (χ0) is 12.7. The Hall–Kier alpha value is -1.56. The van der Waals surface area contributed by atoms with E-state index in [0.29, 0.717) is 4.90 Å². The zero-order valence-electron chi connectivity index (χ0n) is 9.26. The van der Waals surface area contributed by atoms with Crippen LogP contribution in [0.2, 0.25) is 0 Å². The smallest absolute Gasteiger partial charge is 0.342 e. The van der Waals surface area contributed by atoms with E-state index < -0.39 is 10.9 Å². The first-order valence-corrected chi connectivity index (χ1v) is 5.84. The minimum atomic E-state index is -1.28. The molecule has 1 aromatic carbocycles. The zero-order valence-corrected chi connectivity index (χ0v) is 10.1. The van der Waals surface area contributed by atoms with Gasteiger partial charge in [-0.05, 0) is 18.4 Å². The van der Waals surface area contributed by atoms with Crippen LogP contribution in [0.3, 0.4) is 0 Å². The quantitative estimate of drug-likeness (QED) is 0.501. The number of carboxylic acids is 1. The third-order valence-corrected chi connectivity index (χ3v) is 2.36. The third kappa shape index (κ3) is 3.54. The van der Waals surface area contributed by atoms with Crippen molar-refractivity contribution in [2.24, 2.45) is 0 Å². The third-order valence-electron chi connectivity index (χ3n) is 1.63. The molecule has 0 radical (unpaired) electrons. The summed E-state index contributed by atoms with van der Waals surface area (Å²) in [6, 6.07) is 4.02. The van der Waals surface area contributed by atoms with Gasteiger partial charge in [0.2, 0.25) is 0 Å². The summed E-state index contributed by atoms with van der Waals surface area (Å²) in [4.78, 5) is 21.1. The Labute approximate surface area is 97.6 Å². The molecule has 0 aliphatic carbocycles. The van der Waals surface area contributed by atoms with Gasteiger partial charge in [-0.25, -0.2) is 4.79 Å². The first-order valence-electron chi connectivity index (χ1n) is 4.62. The van der Waals surface area contributed by atoms with E-state index in [1.54, 1.807) is 6.26 Å². The van der Waals surface area contributed by atoms with E-state index in [-0.39, 0.29) is 11.3 Å². The number of aromatic carboxylic acids is 1. The van der Waals surface area contributed by atoms with Crippen molar-refractivity contribution >= 4 is 23.4 Å². The molecular weight excluding hydrogens is 230 g/mol. The number of hydrogen-bond donors (Lipinski definition) is 1. The van der Waals surface area contributed by atoms with Gasteiger partial charge in [0.05, 0.1) is 4.92 Å². The highest BCUT2D eigenvalue weighted by Crippen LogP contribution is 2.24. The number of carbonyl (C=O) groups is 1. The van der Waals surface area contributed by atoms with E-state index in [1.807, 2.05) is 13.8 Å². The fraction of sp³-hybridized carbons (Fsp3) is 0.300. The summed E-state index contributed by atoms with van der Waals surface area (Å²) in [7, 11) is 0. The Morgan fingerprint density at radius 2 is 2.00 bits per heavy atom. The van der Waals surface area contributed by atoms with Gasteiger partial charge in [-0.3, -0.25) is 10.1 Å². The Balaban J connectivity index is 0.00000106. The maximum absolute atomic E-state index is 10.7. The molecule has 1 N–H and O–H groups in total. The van der Waals surface area contributed by atoms with E-state index in [0.717, 1.165) is 0 Å². The van der Waals surface area contributed by atoms with E-state index in [2.05, 4.69) is 0 Å². The molecular formula is C10H13NO4S. The summed E-state index contributed by atoms with van der Waals surface area (Å²) >= 11 is 1.33. The number of nitrogens with zero attached hydrogens (tertiary/aromatic N) is 1. The van der Waals surface area contributed by atoms with E-state index in [1.165, 1.54) is 30.0 Å². The van der Waals surface area contributed by atoms with Gasteiger partial charge < -0.3 is 5.11 Å². The van der Waals surface area contributed by atoms with Crippen molar-refractivity contribution < 1.29 is 14.8 Å². The van der Waals surface area contributed by atoms with Crippen LogP contribution in [0.25, 0.3) is 0 Å². The molecule has 0 spiro atoms. The van der Waals surface area contributed by atoms with Gasteiger partial charge >= 0.3 is 5.97 Å². The molecule has 0 aliphatic rings. The molecule has 0 amide bonds. The maximum atomic E-state index is 10.7. The summed E-state index contributed by atoms with van der Waals surface area (Å²) in [6.45, 7) is 4.00. The van der Waals surface area contributed by atoms with Gasteiger partial charge in [-0.15, -0.1) is 11.8 Å². The largest absolute Gasteiger partial charge is 0.477 e. The van der Waals surface area contributed by atoms with Crippen LogP contribution in [0.4, 0.5) is 5.69 Å². The average Bonchev–Trinajstić information content (AvgIpc) is 2.30. The Morgan fingerprint density at radius 3 is 2.38 bits per heavy atom. The molecule has 0 unspecified atom stereocenters. The van der Waals surface area contributed by atoms with Crippen LogP contribution >= 0.6 is 11.8 Å². The van der Waals surface area contributed by atoms with Crippen LogP contribution in [0, 0.1) is 10.1 Å². The highest BCUT2D eigenvalue weighted by Gasteiger charge is 2.19. The summed E-state index contributed by atoms with van der Waals surface area (Å²) in [6.07, 6.45) is 1.77. The van der Waals surface area contributed by atoms with Crippen molar-refractivity contribution in [1.29, 1.82) is 0 Å². The number of rotatable bonds is 3. The van der Waals surface area contributed by atoms with E-state index >= 15 is 0 Å². The summed E-state index contributed by atoms with van der Waals surface area (Å²) in [5, 5.41) is 19.2. The predicted molar refractivity (Wildman–Crippen MR) is 63.2 cm³/mol. The average molecular weight is 243 g/mol. The number of nitro groups is 1. The van der Waals surface area contributed by atoms with Crippen molar-refractivity contribution in [3.63, 3.8) is 0 Å². The normalized spacial score (nSPS) is 8.94. The lowest BCUT2D eigenvalue weighted by atomic mass is 10.2. The second-order valence-electron chi connectivity index (χ2n) is 2.45. The summed E-state index contributed by atoms with van der Waals surface area (Å²) in [5.74, 6) is -1.28. The Bertz CT molecular complexity index is 392. The van der Waals surface area contributed by atoms with Gasteiger partial charge in [-0.1, -0.05) is 13.8 Å². The van der Waals surface area contributed by atoms with Crippen LogP contribution < -0.4 is 0 Å². The minimum Gasteiger partial charge on any atom is -0.477 e. The van der Waals surface area contributed by atoms with E-state index in [9.17, 15) is 14.9 Å². The highest BCUT2D eigenvalue weighted by atomic mass is 32.2. The van der Waals surface area contributed by atoms with Crippen molar-refractivity contribution in [2.45, 2.75) is 18.7 Å². The Kier molecular flexibility index (Phi) is 6.17. The van der Waals surface area contributed by atoms with Crippen LogP contribution in [0.5, 0.6) is 0 Å². The number of hydrogen-bond acceptors (Lipinski definition) is 4. The van der Waals surface area contributed by atoms with E-state index in [4.69, 9.17) is 5.11 Å². The number of benzene rings is 1. The topological polar surface area (TPSA) is 80.4 Å².